The number of amides is 1. The van der Waals surface area contributed by atoms with Crippen LogP contribution < -0.4 is 5.32 Å². The van der Waals surface area contributed by atoms with E-state index in [1.165, 1.54) is 24.3 Å². The number of carbonyl (C=O) groups is 1. The van der Waals surface area contributed by atoms with Crippen LogP contribution in [0.1, 0.15) is 9.67 Å². The number of fused-ring (bicyclic) bond motifs is 1. The number of thiophene rings is 1. The second kappa shape index (κ2) is 6.87. The number of anilines is 1. The highest BCUT2D eigenvalue weighted by atomic mass is 35.5. The largest absolute Gasteiger partial charge is 0.320 e. The van der Waals surface area contributed by atoms with E-state index < -0.39 is 15.8 Å². The summed E-state index contributed by atoms with van der Waals surface area (Å²) in [6, 6.07) is 7.98. The Kier molecular flexibility index (Phi) is 4.77. The molecule has 1 N–H and O–H groups in total. The third-order valence-corrected chi connectivity index (χ3v) is 5.49. The van der Waals surface area contributed by atoms with Crippen LogP contribution in [0.5, 0.6) is 0 Å². The lowest BCUT2D eigenvalue weighted by Crippen LogP contribution is -2.11. The van der Waals surface area contributed by atoms with Crippen LogP contribution in [0.15, 0.2) is 36.4 Å². The van der Waals surface area contributed by atoms with Crippen molar-refractivity contribution >= 4 is 67.6 Å². The van der Waals surface area contributed by atoms with E-state index in [-0.39, 0.29) is 36.7 Å². The Hall–Kier alpha value is -2.75. The van der Waals surface area contributed by atoms with Gasteiger partial charge in [-0.3, -0.25) is 25.0 Å². The lowest BCUT2D eigenvalue weighted by atomic mass is 10.2. The Bertz CT molecular complexity index is 1080. The minimum Gasteiger partial charge on any atom is -0.320 e. The monoisotopic (exact) mass is 411 g/mol. The van der Waals surface area contributed by atoms with Crippen molar-refractivity contribution in [3.63, 3.8) is 0 Å². The van der Waals surface area contributed by atoms with Crippen molar-refractivity contribution < 1.29 is 14.6 Å². The molecule has 3 rings (SSSR count). The molecule has 8 nitrogen and oxygen atoms in total. The highest BCUT2D eigenvalue weighted by molar-refractivity contribution is 7.22. The summed E-state index contributed by atoms with van der Waals surface area (Å²) in [7, 11) is 0. The number of rotatable bonds is 4. The number of nitro groups is 2. The van der Waals surface area contributed by atoms with Crippen LogP contribution in [-0.4, -0.2) is 15.8 Å². The van der Waals surface area contributed by atoms with Gasteiger partial charge in [-0.25, -0.2) is 0 Å². The molecule has 0 unspecified atom stereocenters. The summed E-state index contributed by atoms with van der Waals surface area (Å²) in [4.78, 5) is 33.3. The quantitative estimate of drug-likeness (QED) is 0.463. The zero-order valence-corrected chi connectivity index (χ0v) is 14.9. The fraction of sp³-hybridized carbons (Fsp3) is 0. The van der Waals surface area contributed by atoms with Crippen LogP contribution in [0.4, 0.5) is 17.1 Å². The first-order chi connectivity index (χ1) is 12.3. The summed E-state index contributed by atoms with van der Waals surface area (Å²) in [5.74, 6) is -0.624. The van der Waals surface area contributed by atoms with E-state index in [0.29, 0.717) is 5.39 Å². The predicted molar refractivity (Wildman–Crippen MR) is 99.5 cm³/mol. The highest BCUT2D eigenvalue weighted by Crippen LogP contribution is 2.40. The van der Waals surface area contributed by atoms with E-state index in [1.807, 2.05) is 0 Å². The van der Waals surface area contributed by atoms with Crippen LogP contribution in [0, 0.1) is 20.2 Å². The second-order valence-electron chi connectivity index (χ2n) is 5.03. The molecule has 0 aliphatic carbocycles. The van der Waals surface area contributed by atoms with Gasteiger partial charge in [0.2, 0.25) is 0 Å². The Morgan fingerprint density at radius 2 is 1.81 bits per heavy atom. The summed E-state index contributed by atoms with van der Waals surface area (Å²) in [5.41, 5.74) is -0.212. The standard InChI is InChI=1S/C15H7Cl2N3O5S/c16-9-6-7(19(22)23)4-5-10(9)18-15(21)14-12(17)8-2-1-3-11(20(24)25)13(8)26-14/h1-6H,(H,18,21). The second-order valence-corrected chi connectivity index (χ2v) is 6.84. The van der Waals surface area contributed by atoms with E-state index in [4.69, 9.17) is 23.2 Å². The molecule has 11 heteroatoms. The number of benzene rings is 2. The first kappa shape index (κ1) is 18.1. The molecule has 0 spiro atoms. The number of halogens is 2. The van der Waals surface area contributed by atoms with Gasteiger partial charge in [0.05, 0.1) is 25.6 Å². The van der Waals surface area contributed by atoms with Gasteiger partial charge < -0.3 is 5.32 Å². The average molecular weight is 412 g/mol. The van der Waals surface area contributed by atoms with Crippen molar-refractivity contribution in [1.29, 1.82) is 0 Å². The molecular formula is C15H7Cl2N3O5S. The number of carbonyl (C=O) groups excluding carboxylic acids is 1. The Morgan fingerprint density at radius 3 is 2.42 bits per heavy atom. The maximum Gasteiger partial charge on any atom is 0.287 e. The number of nitro benzene ring substituents is 2. The van der Waals surface area contributed by atoms with Gasteiger partial charge in [0.25, 0.3) is 17.3 Å². The van der Waals surface area contributed by atoms with Crippen molar-refractivity contribution in [2.24, 2.45) is 0 Å². The molecule has 0 fully saturated rings. The van der Waals surface area contributed by atoms with Gasteiger partial charge in [0.1, 0.15) is 9.58 Å². The maximum atomic E-state index is 12.5. The number of nitrogens with zero attached hydrogens (tertiary/aromatic N) is 2. The number of nitrogens with one attached hydrogen (secondary N) is 1. The molecule has 0 radical (unpaired) electrons. The van der Waals surface area contributed by atoms with Gasteiger partial charge in [0, 0.05) is 23.6 Å². The first-order valence-corrected chi connectivity index (χ1v) is 8.47. The molecule has 0 aliphatic heterocycles. The van der Waals surface area contributed by atoms with Gasteiger partial charge in [-0.1, -0.05) is 35.3 Å². The Morgan fingerprint density at radius 1 is 1.08 bits per heavy atom. The van der Waals surface area contributed by atoms with Crippen LogP contribution in [-0.2, 0) is 0 Å². The molecule has 0 saturated heterocycles. The smallest absolute Gasteiger partial charge is 0.287 e. The van der Waals surface area contributed by atoms with Crippen LogP contribution in [0.3, 0.4) is 0 Å². The van der Waals surface area contributed by atoms with E-state index >= 15 is 0 Å². The lowest BCUT2D eigenvalue weighted by molar-refractivity contribution is -0.384. The number of non-ortho nitro benzene ring substituents is 2. The molecule has 26 heavy (non-hydrogen) atoms. The normalized spacial score (nSPS) is 10.7. The summed E-state index contributed by atoms with van der Waals surface area (Å²) in [6.07, 6.45) is 0. The molecular weight excluding hydrogens is 405 g/mol. The fourth-order valence-corrected chi connectivity index (χ4v) is 3.97. The van der Waals surface area contributed by atoms with Crippen molar-refractivity contribution in [2.45, 2.75) is 0 Å². The Balaban J connectivity index is 1.98. The minimum absolute atomic E-state index is 0.0178. The van der Waals surface area contributed by atoms with Crippen molar-refractivity contribution in [1.82, 2.24) is 0 Å². The van der Waals surface area contributed by atoms with Crippen LogP contribution in [0.25, 0.3) is 10.1 Å². The highest BCUT2D eigenvalue weighted by Gasteiger charge is 2.23. The SMILES string of the molecule is O=C(Nc1ccc([N+](=O)[O-])cc1Cl)c1sc2c([N+](=O)[O-])cccc2c1Cl. The molecule has 0 bridgehead atoms. The molecule has 1 heterocycles. The zero-order valence-electron chi connectivity index (χ0n) is 12.6. The maximum absolute atomic E-state index is 12.5. The molecule has 1 aromatic heterocycles. The zero-order chi connectivity index (χ0) is 19.0. The van der Waals surface area contributed by atoms with Crippen molar-refractivity contribution in [2.75, 3.05) is 5.32 Å². The molecule has 0 atom stereocenters. The third-order valence-electron chi connectivity index (χ3n) is 3.45. The molecule has 3 aromatic rings. The van der Waals surface area contributed by atoms with Gasteiger partial charge in [-0.2, -0.15) is 0 Å². The number of hydrogen-bond acceptors (Lipinski definition) is 6. The van der Waals surface area contributed by atoms with Crippen molar-refractivity contribution in [3.8, 4) is 0 Å². The average Bonchev–Trinajstić information content (AvgIpc) is 2.93. The van der Waals surface area contributed by atoms with E-state index in [0.717, 1.165) is 17.4 Å². The summed E-state index contributed by atoms with van der Waals surface area (Å²) >= 11 is 13.0. The summed E-state index contributed by atoms with van der Waals surface area (Å²) < 4.78 is 0.280. The van der Waals surface area contributed by atoms with Gasteiger partial charge in [-0.15, -0.1) is 11.3 Å². The first-order valence-electron chi connectivity index (χ1n) is 6.90. The van der Waals surface area contributed by atoms with Gasteiger partial charge in [0.15, 0.2) is 0 Å². The molecule has 1 amide bonds. The summed E-state index contributed by atoms with van der Waals surface area (Å²) in [6.45, 7) is 0. The number of hydrogen-bond donors (Lipinski definition) is 1. The predicted octanol–water partition coefficient (Wildman–Crippen LogP) is 5.28. The summed E-state index contributed by atoms with van der Waals surface area (Å²) in [5, 5.41) is 24.8. The molecule has 132 valence electrons. The fourth-order valence-electron chi connectivity index (χ4n) is 2.26. The van der Waals surface area contributed by atoms with Crippen molar-refractivity contribution in [3.05, 3.63) is 71.5 Å². The van der Waals surface area contributed by atoms with Crippen LogP contribution >= 0.6 is 34.5 Å². The van der Waals surface area contributed by atoms with Gasteiger partial charge >= 0.3 is 0 Å². The van der Waals surface area contributed by atoms with E-state index in [9.17, 15) is 25.0 Å². The molecule has 2 aromatic carbocycles. The molecule has 0 aliphatic rings. The molecule has 0 saturated carbocycles. The van der Waals surface area contributed by atoms with Crippen LogP contribution in [0.2, 0.25) is 10.0 Å². The van der Waals surface area contributed by atoms with E-state index in [2.05, 4.69) is 5.32 Å². The van der Waals surface area contributed by atoms with E-state index in [1.54, 1.807) is 6.07 Å². The van der Waals surface area contributed by atoms with Gasteiger partial charge in [-0.05, 0) is 6.07 Å². The lowest BCUT2D eigenvalue weighted by Gasteiger charge is -2.06. The third kappa shape index (κ3) is 3.19. The Labute approximate surface area is 159 Å². The minimum atomic E-state index is -0.624. The topological polar surface area (TPSA) is 115 Å².